The van der Waals surface area contributed by atoms with Crippen LogP contribution in [-0.2, 0) is 4.79 Å². The maximum absolute atomic E-state index is 12.5. The Morgan fingerprint density at radius 1 is 1.03 bits per heavy atom. The van der Waals surface area contributed by atoms with Gasteiger partial charge in [-0.15, -0.1) is 0 Å². The van der Waals surface area contributed by atoms with Gasteiger partial charge < -0.3 is 5.11 Å². The third-order valence-corrected chi connectivity index (χ3v) is 12.3. The Labute approximate surface area is 210 Å². The molecule has 5 unspecified atom stereocenters. The molecule has 34 heavy (non-hydrogen) atoms. The molecule has 0 heterocycles. The molecule has 0 spiro atoms. The van der Waals surface area contributed by atoms with Gasteiger partial charge in [-0.2, -0.15) is 0 Å². The van der Waals surface area contributed by atoms with Crippen LogP contribution in [0.25, 0.3) is 0 Å². The standard InChI is InChI=1S/C32H52O2/c1-21(2)11-10-17-32(9,34)25-15-19-30(7)24(25)12-13-27-29(6)18-14-23(22(3)33)28(4,5)26(29)16-20-31(27,30)8/h11-12,23,25-27,34H,10,13-20H2,1-9H3/t23?,25?,26?,27?,29-,30+,31+,32?/m0/s1. The van der Waals surface area contributed by atoms with E-state index in [0.29, 0.717) is 17.6 Å². The number of Topliss-reactive ketones (excluding diaryl/α,β-unsaturated/α-hetero) is 1. The molecule has 0 aromatic carbocycles. The number of ketones is 1. The average Bonchev–Trinajstić information content (AvgIpc) is 3.06. The van der Waals surface area contributed by atoms with E-state index in [0.717, 1.165) is 32.1 Å². The van der Waals surface area contributed by atoms with Gasteiger partial charge in [-0.05, 0) is 119 Å². The van der Waals surface area contributed by atoms with E-state index in [-0.39, 0.29) is 33.5 Å². The number of hydrogen-bond donors (Lipinski definition) is 1. The van der Waals surface area contributed by atoms with Gasteiger partial charge >= 0.3 is 0 Å². The topological polar surface area (TPSA) is 37.3 Å². The van der Waals surface area contributed by atoms with Crippen LogP contribution in [0, 0.1) is 45.3 Å². The highest BCUT2D eigenvalue weighted by molar-refractivity contribution is 5.79. The molecule has 4 aliphatic rings. The van der Waals surface area contributed by atoms with Crippen LogP contribution in [0.3, 0.4) is 0 Å². The van der Waals surface area contributed by atoms with Gasteiger partial charge in [0.05, 0.1) is 5.60 Å². The number of hydrogen-bond acceptors (Lipinski definition) is 2. The monoisotopic (exact) mass is 468 g/mol. The van der Waals surface area contributed by atoms with Crippen LogP contribution in [0.4, 0.5) is 0 Å². The normalized spacial score (nSPS) is 44.7. The van der Waals surface area contributed by atoms with Crippen LogP contribution in [0.15, 0.2) is 23.3 Å². The zero-order valence-corrected chi connectivity index (χ0v) is 23.7. The molecule has 0 aliphatic heterocycles. The lowest BCUT2D eigenvalue weighted by atomic mass is 9.36. The zero-order valence-electron chi connectivity index (χ0n) is 23.7. The molecule has 4 aliphatic carbocycles. The van der Waals surface area contributed by atoms with E-state index in [1.54, 1.807) is 5.57 Å². The fraction of sp³-hybridized carbons (Fsp3) is 0.844. The van der Waals surface area contributed by atoms with Crippen molar-refractivity contribution in [2.45, 2.75) is 126 Å². The van der Waals surface area contributed by atoms with Gasteiger partial charge in [-0.25, -0.2) is 0 Å². The minimum absolute atomic E-state index is 0.0812. The molecule has 0 aromatic heterocycles. The van der Waals surface area contributed by atoms with E-state index < -0.39 is 5.60 Å². The van der Waals surface area contributed by atoms with Gasteiger partial charge in [0.15, 0.2) is 0 Å². The summed E-state index contributed by atoms with van der Waals surface area (Å²) in [6, 6.07) is 0. The fourth-order valence-electron chi connectivity index (χ4n) is 10.3. The highest BCUT2D eigenvalue weighted by Gasteiger charge is 2.67. The maximum Gasteiger partial charge on any atom is 0.133 e. The van der Waals surface area contributed by atoms with Crippen LogP contribution >= 0.6 is 0 Å². The van der Waals surface area contributed by atoms with E-state index >= 15 is 0 Å². The van der Waals surface area contributed by atoms with Crippen molar-refractivity contribution in [3.63, 3.8) is 0 Å². The van der Waals surface area contributed by atoms with Crippen molar-refractivity contribution in [2.24, 2.45) is 45.3 Å². The molecule has 2 heteroatoms. The van der Waals surface area contributed by atoms with Crippen LogP contribution in [0.5, 0.6) is 0 Å². The fourth-order valence-corrected chi connectivity index (χ4v) is 10.3. The molecule has 8 atom stereocenters. The lowest BCUT2D eigenvalue weighted by Gasteiger charge is -2.68. The third kappa shape index (κ3) is 3.63. The summed E-state index contributed by atoms with van der Waals surface area (Å²) in [5, 5.41) is 11.6. The van der Waals surface area contributed by atoms with Crippen molar-refractivity contribution >= 4 is 5.78 Å². The number of rotatable bonds is 5. The second-order valence-electron chi connectivity index (χ2n) is 14.6. The number of aliphatic hydroxyl groups is 1. The minimum atomic E-state index is -0.638. The molecule has 0 saturated heterocycles. The van der Waals surface area contributed by atoms with Crippen LogP contribution < -0.4 is 0 Å². The van der Waals surface area contributed by atoms with E-state index in [1.165, 1.54) is 31.3 Å². The summed E-state index contributed by atoms with van der Waals surface area (Å²) in [6.45, 7) is 20.7. The maximum atomic E-state index is 12.5. The second-order valence-corrected chi connectivity index (χ2v) is 14.6. The number of carbonyl (C=O) groups is 1. The van der Waals surface area contributed by atoms with Gasteiger partial charge in [-0.3, -0.25) is 4.79 Å². The Balaban J connectivity index is 1.66. The number of carbonyl (C=O) groups excluding carboxylic acids is 1. The Morgan fingerprint density at radius 3 is 2.32 bits per heavy atom. The SMILES string of the molecule is CC(=O)C1CC[C@@]2(C)C(CC[C@]3(C)C2CC=C2C(C(C)(O)CCC=C(C)C)CC[C@]23C)C1(C)C. The second kappa shape index (κ2) is 8.32. The van der Waals surface area contributed by atoms with Gasteiger partial charge in [0.1, 0.15) is 5.78 Å². The van der Waals surface area contributed by atoms with Crippen molar-refractivity contribution in [2.75, 3.05) is 0 Å². The Kier molecular flexibility index (Phi) is 6.41. The van der Waals surface area contributed by atoms with Crippen LogP contribution in [-0.4, -0.2) is 16.5 Å². The van der Waals surface area contributed by atoms with E-state index in [2.05, 4.69) is 67.5 Å². The zero-order chi connectivity index (χ0) is 25.3. The molecule has 0 amide bonds. The van der Waals surface area contributed by atoms with E-state index in [9.17, 15) is 9.90 Å². The molecule has 0 bridgehead atoms. The molecule has 1 N–H and O–H groups in total. The predicted octanol–water partition coefficient (Wildman–Crippen LogP) is 8.29. The predicted molar refractivity (Wildman–Crippen MR) is 142 cm³/mol. The highest BCUT2D eigenvalue weighted by atomic mass is 16.3. The van der Waals surface area contributed by atoms with Crippen molar-refractivity contribution < 1.29 is 9.90 Å². The first-order valence-corrected chi connectivity index (χ1v) is 14.2. The summed E-state index contributed by atoms with van der Waals surface area (Å²) in [5.41, 5.74) is 3.10. The summed E-state index contributed by atoms with van der Waals surface area (Å²) in [4.78, 5) is 12.5. The largest absolute Gasteiger partial charge is 0.390 e. The molecule has 0 radical (unpaired) electrons. The molecule has 192 valence electrons. The lowest BCUT2D eigenvalue weighted by Crippen LogP contribution is -2.62. The summed E-state index contributed by atoms with van der Waals surface area (Å²) in [6.07, 6.45) is 14.9. The quantitative estimate of drug-likeness (QED) is 0.412. The average molecular weight is 469 g/mol. The lowest BCUT2D eigenvalue weighted by molar-refractivity contribution is -0.181. The first-order chi connectivity index (χ1) is 15.6. The molecule has 3 fully saturated rings. The first-order valence-electron chi connectivity index (χ1n) is 14.2. The van der Waals surface area contributed by atoms with Gasteiger partial charge in [-0.1, -0.05) is 57.9 Å². The number of allylic oxidation sites excluding steroid dienone is 3. The summed E-state index contributed by atoms with van der Waals surface area (Å²) in [5.74, 6) is 2.17. The van der Waals surface area contributed by atoms with E-state index in [1.807, 2.05) is 6.92 Å². The van der Waals surface area contributed by atoms with E-state index in [4.69, 9.17) is 0 Å². The van der Waals surface area contributed by atoms with Crippen molar-refractivity contribution in [3.8, 4) is 0 Å². The summed E-state index contributed by atoms with van der Waals surface area (Å²) < 4.78 is 0. The van der Waals surface area contributed by atoms with Crippen molar-refractivity contribution in [3.05, 3.63) is 23.3 Å². The molecular weight excluding hydrogens is 416 g/mol. The Bertz CT molecular complexity index is 887. The molecule has 0 aromatic rings. The van der Waals surface area contributed by atoms with Gasteiger partial charge in [0.2, 0.25) is 0 Å². The van der Waals surface area contributed by atoms with Crippen LogP contribution in [0.1, 0.15) is 120 Å². The smallest absolute Gasteiger partial charge is 0.133 e. The molecule has 4 rings (SSSR count). The number of fused-ring (bicyclic) bond motifs is 5. The van der Waals surface area contributed by atoms with Gasteiger partial charge in [0.25, 0.3) is 0 Å². The first kappa shape index (κ1) is 26.2. The van der Waals surface area contributed by atoms with Gasteiger partial charge in [0, 0.05) is 11.8 Å². The Hall–Kier alpha value is -0.890. The van der Waals surface area contributed by atoms with Crippen molar-refractivity contribution in [1.82, 2.24) is 0 Å². The molecule has 3 saturated carbocycles. The van der Waals surface area contributed by atoms with Crippen molar-refractivity contribution in [1.29, 1.82) is 0 Å². The highest BCUT2D eigenvalue weighted by Crippen LogP contribution is 2.75. The Morgan fingerprint density at radius 2 is 1.71 bits per heavy atom. The summed E-state index contributed by atoms with van der Waals surface area (Å²) in [7, 11) is 0. The van der Waals surface area contributed by atoms with Crippen LogP contribution in [0.2, 0.25) is 0 Å². The molecule has 2 nitrogen and oxygen atoms in total. The summed E-state index contributed by atoms with van der Waals surface area (Å²) >= 11 is 0. The minimum Gasteiger partial charge on any atom is -0.390 e. The molecular formula is C32H52O2. The third-order valence-electron chi connectivity index (χ3n) is 12.3.